The number of aryl methyl sites for hydroxylation is 2. The average molecular weight is 335 g/mol. The van der Waals surface area contributed by atoms with Gasteiger partial charge in [-0.3, -0.25) is 9.78 Å². The first-order valence-corrected chi connectivity index (χ1v) is 6.93. The van der Waals surface area contributed by atoms with Crippen molar-refractivity contribution in [1.29, 1.82) is 0 Å². The third kappa shape index (κ3) is 3.17. The van der Waals surface area contributed by atoms with Crippen LogP contribution in [0, 0.1) is 13.8 Å². The van der Waals surface area contributed by atoms with E-state index in [1.54, 1.807) is 25.4 Å². The van der Waals surface area contributed by atoms with Crippen molar-refractivity contribution in [3.63, 3.8) is 0 Å². The van der Waals surface area contributed by atoms with Crippen molar-refractivity contribution >= 4 is 21.8 Å². The van der Waals surface area contributed by atoms with Crippen LogP contribution in [0.25, 0.3) is 0 Å². The van der Waals surface area contributed by atoms with E-state index in [4.69, 9.17) is 4.74 Å². The highest BCUT2D eigenvalue weighted by atomic mass is 79.9. The summed E-state index contributed by atoms with van der Waals surface area (Å²) in [7, 11) is 1.57. The number of nitrogens with one attached hydrogen (secondary N) is 1. The van der Waals surface area contributed by atoms with Gasteiger partial charge in [-0.1, -0.05) is 15.9 Å². The third-order valence-electron chi connectivity index (χ3n) is 2.84. The summed E-state index contributed by atoms with van der Waals surface area (Å²) < 4.78 is 6.86. The predicted molar refractivity (Wildman–Crippen MR) is 81.3 cm³/mol. The molecule has 0 aliphatic rings. The average Bonchev–Trinajstić information content (AvgIpc) is 2.44. The minimum atomic E-state index is -0.237. The molecule has 0 saturated heterocycles. The van der Waals surface area contributed by atoms with Crippen molar-refractivity contribution in [2.75, 3.05) is 7.05 Å². The molecule has 5 heteroatoms. The summed E-state index contributed by atoms with van der Waals surface area (Å²) in [6.45, 7) is 4.01. The lowest BCUT2D eigenvalue weighted by Gasteiger charge is -2.10. The molecule has 0 spiro atoms. The lowest BCUT2D eigenvalue weighted by atomic mass is 10.1. The molecule has 20 heavy (non-hydrogen) atoms. The van der Waals surface area contributed by atoms with Gasteiger partial charge in [0.15, 0.2) is 0 Å². The molecular weight excluding hydrogens is 320 g/mol. The molecule has 104 valence electrons. The molecule has 1 aromatic heterocycles. The molecule has 4 nitrogen and oxygen atoms in total. The van der Waals surface area contributed by atoms with Crippen LogP contribution >= 0.6 is 15.9 Å². The van der Waals surface area contributed by atoms with Crippen molar-refractivity contribution in [1.82, 2.24) is 10.3 Å². The predicted octanol–water partition coefficient (Wildman–Crippen LogP) is 3.61. The molecule has 0 unspecified atom stereocenters. The number of pyridine rings is 1. The normalized spacial score (nSPS) is 10.2. The van der Waals surface area contributed by atoms with Crippen LogP contribution in [-0.4, -0.2) is 17.9 Å². The van der Waals surface area contributed by atoms with Crippen molar-refractivity contribution in [3.8, 4) is 11.5 Å². The Bertz CT molecular complexity index is 633. The van der Waals surface area contributed by atoms with Crippen LogP contribution in [0.3, 0.4) is 0 Å². The Morgan fingerprint density at radius 2 is 1.85 bits per heavy atom. The van der Waals surface area contributed by atoms with Crippen LogP contribution in [0.1, 0.15) is 21.6 Å². The van der Waals surface area contributed by atoms with E-state index in [9.17, 15) is 4.79 Å². The van der Waals surface area contributed by atoms with Gasteiger partial charge in [0.1, 0.15) is 17.2 Å². The maximum absolute atomic E-state index is 11.5. The van der Waals surface area contributed by atoms with Crippen molar-refractivity contribution in [3.05, 3.63) is 51.8 Å². The highest BCUT2D eigenvalue weighted by Gasteiger charge is 2.08. The van der Waals surface area contributed by atoms with E-state index in [-0.39, 0.29) is 5.91 Å². The molecular formula is C15H15BrN2O2. The molecule has 0 radical (unpaired) electrons. The zero-order valence-electron chi connectivity index (χ0n) is 11.5. The topological polar surface area (TPSA) is 51.2 Å². The number of amides is 1. The maximum atomic E-state index is 11.5. The molecule has 1 heterocycles. The largest absolute Gasteiger partial charge is 0.457 e. The Kier molecular flexibility index (Phi) is 4.39. The van der Waals surface area contributed by atoms with E-state index in [1.807, 2.05) is 26.0 Å². The standard InChI is InChI=1S/C15H15BrN2O2/c1-9-6-12(7-10(2)14(9)16)20-11-4-5-18-13(8-11)15(19)17-3/h4-8H,1-3H3,(H,17,19). The second-order valence-electron chi connectivity index (χ2n) is 4.43. The molecule has 0 atom stereocenters. The number of nitrogens with zero attached hydrogens (tertiary/aromatic N) is 1. The minimum absolute atomic E-state index is 0.237. The summed E-state index contributed by atoms with van der Waals surface area (Å²) in [4.78, 5) is 15.5. The first kappa shape index (κ1) is 14.5. The lowest BCUT2D eigenvalue weighted by molar-refractivity contribution is 0.0958. The van der Waals surface area contributed by atoms with Crippen LogP contribution in [0.2, 0.25) is 0 Å². The van der Waals surface area contributed by atoms with Crippen LogP contribution < -0.4 is 10.1 Å². The van der Waals surface area contributed by atoms with E-state index in [0.717, 1.165) is 21.3 Å². The summed E-state index contributed by atoms with van der Waals surface area (Å²) >= 11 is 3.52. The van der Waals surface area contributed by atoms with Gasteiger partial charge in [-0.05, 0) is 43.2 Å². The number of benzene rings is 1. The van der Waals surface area contributed by atoms with Gasteiger partial charge in [0.2, 0.25) is 0 Å². The molecule has 1 amide bonds. The molecule has 0 aliphatic heterocycles. The van der Waals surface area contributed by atoms with Gasteiger partial charge in [-0.15, -0.1) is 0 Å². The fourth-order valence-corrected chi connectivity index (χ4v) is 2.06. The van der Waals surface area contributed by atoms with Crippen molar-refractivity contribution in [2.45, 2.75) is 13.8 Å². The highest BCUT2D eigenvalue weighted by molar-refractivity contribution is 9.10. The molecule has 1 N–H and O–H groups in total. The van der Waals surface area contributed by atoms with Gasteiger partial charge in [-0.25, -0.2) is 0 Å². The monoisotopic (exact) mass is 334 g/mol. The number of rotatable bonds is 3. The van der Waals surface area contributed by atoms with Crippen molar-refractivity contribution in [2.24, 2.45) is 0 Å². The summed E-state index contributed by atoms with van der Waals surface area (Å²) in [6.07, 6.45) is 1.55. The van der Waals surface area contributed by atoms with Gasteiger partial charge >= 0.3 is 0 Å². The second-order valence-corrected chi connectivity index (χ2v) is 5.22. The fraction of sp³-hybridized carbons (Fsp3) is 0.200. The number of carbonyl (C=O) groups excluding carboxylic acids is 1. The molecule has 2 rings (SSSR count). The summed E-state index contributed by atoms with van der Waals surface area (Å²) in [5, 5.41) is 2.53. The summed E-state index contributed by atoms with van der Waals surface area (Å²) in [5.41, 5.74) is 2.52. The highest BCUT2D eigenvalue weighted by Crippen LogP contribution is 2.29. The fourth-order valence-electron chi connectivity index (χ4n) is 1.83. The first-order chi connectivity index (χ1) is 9.51. The number of hydrogen-bond donors (Lipinski definition) is 1. The van der Waals surface area contributed by atoms with E-state index >= 15 is 0 Å². The maximum Gasteiger partial charge on any atom is 0.269 e. The van der Waals surface area contributed by atoms with Crippen molar-refractivity contribution < 1.29 is 9.53 Å². The van der Waals surface area contributed by atoms with Gasteiger partial charge in [0.25, 0.3) is 5.91 Å². The Hall–Kier alpha value is -1.88. The van der Waals surface area contributed by atoms with Gasteiger partial charge in [0, 0.05) is 23.8 Å². The minimum Gasteiger partial charge on any atom is -0.457 e. The van der Waals surface area contributed by atoms with Gasteiger partial charge in [-0.2, -0.15) is 0 Å². The first-order valence-electron chi connectivity index (χ1n) is 6.14. The number of ether oxygens (including phenoxy) is 1. The zero-order valence-corrected chi connectivity index (χ0v) is 13.1. The van der Waals surface area contributed by atoms with Crippen LogP contribution in [-0.2, 0) is 0 Å². The van der Waals surface area contributed by atoms with Gasteiger partial charge in [0.05, 0.1) is 0 Å². The lowest BCUT2D eigenvalue weighted by Crippen LogP contribution is -2.18. The number of halogens is 1. The Balaban J connectivity index is 2.28. The quantitative estimate of drug-likeness (QED) is 0.932. The zero-order chi connectivity index (χ0) is 14.7. The number of aromatic nitrogens is 1. The van der Waals surface area contributed by atoms with E-state index < -0.39 is 0 Å². The smallest absolute Gasteiger partial charge is 0.269 e. The molecule has 0 fully saturated rings. The Morgan fingerprint density at radius 1 is 1.20 bits per heavy atom. The van der Waals surface area contributed by atoms with Crippen LogP contribution in [0.4, 0.5) is 0 Å². The SMILES string of the molecule is CNC(=O)c1cc(Oc2cc(C)c(Br)c(C)c2)ccn1. The van der Waals surface area contributed by atoms with Crippen LogP contribution in [0.5, 0.6) is 11.5 Å². The summed E-state index contributed by atoms with van der Waals surface area (Å²) in [5.74, 6) is 1.08. The Labute approximate surface area is 126 Å². The van der Waals surface area contributed by atoms with E-state index in [2.05, 4.69) is 26.2 Å². The molecule has 0 bridgehead atoms. The summed E-state index contributed by atoms with van der Waals surface area (Å²) in [6, 6.07) is 7.22. The van der Waals surface area contributed by atoms with Crippen LogP contribution in [0.15, 0.2) is 34.9 Å². The van der Waals surface area contributed by atoms with E-state index in [0.29, 0.717) is 11.4 Å². The number of hydrogen-bond acceptors (Lipinski definition) is 3. The third-order valence-corrected chi connectivity index (χ3v) is 4.09. The Morgan fingerprint density at radius 3 is 2.45 bits per heavy atom. The molecule has 2 aromatic rings. The molecule has 0 saturated carbocycles. The van der Waals surface area contributed by atoms with Gasteiger partial charge < -0.3 is 10.1 Å². The number of carbonyl (C=O) groups is 1. The second kappa shape index (κ2) is 6.05. The molecule has 0 aliphatic carbocycles. The molecule has 1 aromatic carbocycles. The van der Waals surface area contributed by atoms with E-state index in [1.165, 1.54) is 0 Å².